The van der Waals surface area contributed by atoms with Crippen molar-refractivity contribution in [3.63, 3.8) is 0 Å². The van der Waals surface area contributed by atoms with Gasteiger partial charge in [0.15, 0.2) is 8.67 Å². The number of halogens is 4. The van der Waals surface area contributed by atoms with Gasteiger partial charge in [-0.2, -0.15) is 0 Å². The Labute approximate surface area is 79.2 Å². The largest absolute Gasteiger partial charge is 0.383 e. The van der Waals surface area contributed by atoms with Crippen LogP contribution in [-0.2, 0) is 0 Å². The summed E-state index contributed by atoms with van der Waals surface area (Å²) in [6, 6.07) is 0. The van der Waals surface area contributed by atoms with Crippen LogP contribution in [0.1, 0.15) is 13.3 Å². The fourth-order valence-corrected chi connectivity index (χ4v) is 2.63. The van der Waals surface area contributed by atoms with Crippen molar-refractivity contribution in [3.05, 3.63) is 0 Å². The Balaban J connectivity index is 2.90. The van der Waals surface area contributed by atoms with Gasteiger partial charge in [0.05, 0.1) is 0 Å². The normalized spacial score (nSPS) is 31.8. The van der Waals surface area contributed by atoms with Gasteiger partial charge in [0.2, 0.25) is 0 Å². The molecule has 0 radical (unpaired) electrons. The molecule has 10 heavy (non-hydrogen) atoms. The van der Waals surface area contributed by atoms with Gasteiger partial charge in [0.1, 0.15) is 5.60 Å². The third-order valence-corrected chi connectivity index (χ3v) is 4.65. The minimum Gasteiger partial charge on any atom is -0.383 e. The lowest BCUT2D eigenvalue weighted by molar-refractivity contribution is 0.140. The molecule has 1 rings (SSSR count). The van der Waals surface area contributed by atoms with E-state index in [1.807, 2.05) is 0 Å². The molecule has 1 N–H and O–H groups in total. The highest BCUT2D eigenvalue weighted by Gasteiger charge is 2.86. The summed E-state index contributed by atoms with van der Waals surface area (Å²) >= 11 is 22.4. The lowest BCUT2D eigenvalue weighted by atomic mass is 10.3. The molecule has 0 unspecified atom stereocenters. The van der Waals surface area contributed by atoms with Gasteiger partial charge < -0.3 is 5.11 Å². The molecule has 1 saturated carbocycles. The van der Waals surface area contributed by atoms with Crippen molar-refractivity contribution in [1.82, 2.24) is 0 Å². The van der Waals surface area contributed by atoms with Crippen molar-refractivity contribution in [2.24, 2.45) is 0 Å². The summed E-state index contributed by atoms with van der Waals surface area (Å²) in [4.78, 5) is 0. The topological polar surface area (TPSA) is 20.2 Å². The molecule has 0 bridgehead atoms. The minimum absolute atomic E-state index is 0.340. The van der Waals surface area contributed by atoms with E-state index in [1.54, 1.807) is 6.92 Å². The summed E-state index contributed by atoms with van der Waals surface area (Å²) in [6.07, 6.45) is 0.340. The summed E-state index contributed by atoms with van der Waals surface area (Å²) in [5.41, 5.74) is -1.35. The number of aliphatic hydroxyl groups is 1. The molecule has 0 atom stereocenters. The van der Waals surface area contributed by atoms with Gasteiger partial charge in [-0.15, -0.1) is 0 Å². The molecule has 1 fully saturated rings. The van der Waals surface area contributed by atoms with Crippen LogP contribution in [0.15, 0.2) is 0 Å². The van der Waals surface area contributed by atoms with E-state index in [1.165, 1.54) is 0 Å². The first-order chi connectivity index (χ1) is 4.31. The van der Waals surface area contributed by atoms with Gasteiger partial charge in [0.25, 0.3) is 0 Å². The summed E-state index contributed by atoms with van der Waals surface area (Å²) in [5.74, 6) is 0. The van der Waals surface area contributed by atoms with E-state index < -0.39 is 14.3 Å². The molecule has 0 aliphatic heterocycles. The zero-order chi connectivity index (χ0) is 8.21. The average Bonchev–Trinajstić information content (AvgIpc) is 2.11. The Bertz CT molecular complexity index is 151. The molecule has 1 aliphatic rings. The second kappa shape index (κ2) is 2.08. The molecule has 0 heterocycles. The second-order valence-electron chi connectivity index (χ2n) is 2.36. The zero-order valence-corrected chi connectivity index (χ0v) is 8.19. The van der Waals surface area contributed by atoms with Crippen LogP contribution in [0.25, 0.3) is 0 Å². The lowest BCUT2D eigenvalue weighted by Gasteiger charge is -2.04. The van der Waals surface area contributed by atoms with Gasteiger partial charge in [-0.25, -0.2) is 0 Å². The third kappa shape index (κ3) is 0.709. The number of rotatable bonds is 1. The van der Waals surface area contributed by atoms with Gasteiger partial charge in [-0.05, 0) is 6.42 Å². The van der Waals surface area contributed by atoms with Crippen LogP contribution in [0.2, 0.25) is 0 Å². The molecule has 1 aliphatic carbocycles. The lowest BCUT2D eigenvalue weighted by Crippen LogP contribution is -2.16. The van der Waals surface area contributed by atoms with Crippen molar-refractivity contribution < 1.29 is 5.11 Å². The van der Waals surface area contributed by atoms with Gasteiger partial charge in [0, 0.05) is 0 Å². The van der Waals surface area contributed by atoms with Crippen molar-refractivity contribution in [3.8, 4) is 0 Å². The standard InChI is InChI=1S/C5H6Cl4O/c1-2-3(10)4(6,7)5(3,8)9/h10H,2H2,1H3. The van der Waals surface area contributed by atoms with Crippen LogP contribution >= 0.6 is 46.4 Å². The molecule has 1 nitrogen and oxygen atoms in total. The molecular formula is C5H6Cl4O. The van der Waals surface area contributed by atoms with E-state index in [9.17, 15) is 5.11 Å². The SMILES string of the molecule is CCC1(O)C(Cl)(Cl)C1(Cl)Cl. The van der Waals surface area contributed by atoms with E-state index in [0.29, 0.717) is 6.42 Å². The Hall–Kier alpha value is 1.12. The molecule has 0 aromatic heterocycles. The van der Waals surface area contributed by atoms with Gasteiger partial charge >= 0.3 is 0 Å². The Kier molecular flexibility index (Phi) is 1.92. The van der Waals surface area contributed by atoms with Crippen LogP contribution in [0.4, 0.5) is 0 Å². The summed E-state index contributed by atoms with van der Waals surface area (Å²) in [7, 11) is 0. The Morgan fingerprint density at radius 2 is 1.40 bits per heavy atom. The van der Waals surface area contributed by atoms with E-state index in [2.05, 4.69) is 0 Å². The summed E-state index contributed by atoms with van der Waals surface area (Å²) in [5, 5.41) is 9.47. The van der Waals surface area contributed by atoms with Crippen LogP contribution in [0.3, 0.4) is 0 Å². The third-order valence-electron chi connectivity index (χ3n) is 1.88. The summed E-state index contributed by atoms with van der Waals surface area (Å²) in [6.45, 7) is 1.71. The van der Waals surface area contributed by atoms with Crippen molar-refractivity contribution in [2.75, 3.05) is 0 Å². The first kappa shape index (κ1) is 9.21. The van der Waals surface area contributed by atoms with Crippen molar-refractivity contribution in [1.29, 1.82) is 0 Å². The first-order valence-corrected chi connectivity index (χ1v) is 4.30. The highest BCUT2D eigenvalue weighted by molar-refractivity contribution is 6.69. The van der Waals surface area contributed by atoms with Crippen LogP contribution in [0.5, 0.6) is 0 Å². The highest BCUT2D eigenvalue weighted by atomic mass is 35.5. The van der Waals surface area contributed by atoms with E-state index >= 15 is 0 Å². The predicted molar refractivity (Wildman–Crippen MR) is 44.1 cm³/mol. The fourth-order valence-electron chi connectivity index (χ4n) is 0.900. The molecular weight excluding hydrogens is 218 g/mol. The molecule has 0 aromatic carbocycles. The van der Waals surface area contributed by atoms with Crippen LogP contribution in [-0.4, -0.2) is 19.4 Å². The number of hydrogen-bond acceptors (Lipinski definition) is 1. The number of hydrogen-bond donors (Lipinski definition) is 1. The monoisotopic (exact) mass is 222 g/mol. The highest BCUT2D eigenvalue weighted by Crippen LogP contribution is 2.72. The Morgan fingerprint density at radius 1 is 1.10 bits per heavy atom. The maximum Gasteiger partial charge on any atom is 0.185 e. The van der Waals surface area contributed by atoms with Crippen LogP contribution in [0, 0.1) is 0 Å². The maximum atomic E-state index is 9.47. The smallest absolute Gasteiger partial charge is 0.185 e. The van der Waals surface area contributed by atoms with E-state index in [4.69, 9.17) is 46.4 Å². The number of alkyl halides is 4. The minimum atomic E-state index is -1.42. The van der Waals surface area contributed by atoms with Crippen molar-refractivity contribution in [2.45, 2.75) is 27.6 Å². The molecule has 0 amide bonds. The summed E-state index contributed by atoms with van der Waals surface area (Å²) < 4.78 is -2.84. The first-order valence-electron chi connectivity index (χ1n) is 2.79. The molecule has 0 saturated heterocycles. The molecule has 60 valence electrons. The average molecular weight is 224 g/mol. The molecule has 0 aromatic rings. The van der Waals surface area contributed by atoms with Crippen molar-refractivity contribution >= 4 is 46.4 Å². The maximum absolute atomic E-state index is 9.47. The zero-order valence-electron chi connectivity index (χ0n) is 5.17. The molecule has 0 spiro atoms. The second-order valence-corrected chi connectivity index (χ2v) is 5.02. The van der Waals surface area contributed by atoms with E-state index in [0.717, 1.165) is 0 Å². The predicted octanol–water partition coefficient (Wildman–Crippen LogP) is 2.49. The van der Waals surface area contributed by atoms with Gasteiger partial charge in [-0.1, -0.05) is 53.3 Å². The van der Waals surface area contributed by atoms with Crippen LogP contribution < -0.4 is 0 Å². The quantitative estimate of drug-likeness (QED) is 0.678. The molecule has 5 heteroatoms. The van der Waals surface area contributed by atoms with Gasteiger partial charge in [-0.3, -0.25) is 0 Å². The Morgan fingerprint density at radius 3 is 1.40 bits per heavy atom. The van der Waals surface area contributed by atoms with E-state index in [-0.39, 0.29) is 0 Å². The fraction of sp³-hybridized carbons (Fsp3) is 1.00.